The van der Waals surface area contributed by atoms with Crippen molar-refractivity contribution in [3.8, 4) is 0 Å². The van der Waals surface area contributed by atoms with Gasteiger partial charge in [0.1, 0.15) is 0 Å². The molecular weight excluding hydrogens is 230 g/mol. The van der Waals surface area contributed by atoms with Crippen LogP contribution in [0.25, 0.3) is 0 Å². The summed E-state index contributed by atoms with van der Waals surface area (Å²) in [5.41, 5.74) is 6.17. The second-order valence-corrected chi connectivity index (χ2v) is 5.80. The molecule has 0 bridgehead atoms. The van der Waals surface area contributed by atoms with Gasteiger partial charge in [0.25, 0.3) is 0 Å². The Hall–Kier alpha value is -0.510. The average molecular weight is 253 g/mol. The Labute approximate surface area is 109 Å². The molecule has 1 rings (SSSR count). The highest BCUT2D eigenvalue weighted by Gasteiger charge is 2.16. The van der Waals surface area contributed by atoms with Crippen LogP contribution in [-0.2, 0) is 5.75 Å². The van der Waals surface area contributed by atoms with Gasteiger partial charge in [-0.3, -0.25) is 0 Å². The molecule has 0 aliphatic carbocycles. The van der Waals surface area contributed by atoms with Crippen LogP contribution in [0.2, 0.25) is 0 Å². The number of aliphatic hydroxyl groups is 1. The third-order valence-electron chi connectivity index (χ3n) is 2.81. The summed E-state index contributed by atoms with van der Waals surface area (Å²) in [6.07, 6.45) is 3.00. The topological polar surface area (TPSA) is 46.2 Å². The lowest BCUT2D eigenvalue weighted by Crippen LogP contribution is -2.33. The summed E-state index contributed by atoms with van der Waals surface area (Å²) in [5, 5.41) is 9.73. The maximum atomic E-state index is 9.73. The van der Waals surface area contributed by atoms with E-state index in [0.29, 0.717) is 6.54 Å². The minimum atomic E-state index is -0.676. The molecule has 3 N–H and O–H groups in total. The van der Waals surface area contributed by atoms with E-state index in [1.54, 1.807) is 0 Å². The van der Waals surface area contributed by atoms with E-state index in [9.17, 15) is 5.11 Å². The van der Waals surface area contributed by atoms with E-state index >= 15 is 0 Å². The lowest BCUT2D eigenvalue weighted by Gasteiger charge is -2.20. The van der Waals surface area contributed by atoms with Crippen LogP contribution in [-0.4, -0.2) is 23.0 Å². The molecule has 0 fully saturated rings. The zero-order chi connectivity index (χ0) is 12.6. The minimum absolute atomic E-state index is 0.351. The fourth-order valence-corrected chi connectivity index (χ4v) is 2.56. The number of nitrogens with two attached hydrogens (primary N) is 1. The van der Waals surface area contributed by atoms with E-state index in [4.69, 9.17) is 5.73 Å². The van der Waals surface area contributed by atoms with Gasteiger partial charge in [-0.1, -0.05) is 30.3 Å². The zero-order valence-electron chi connectivity index (χ0n) is 10.6. The Bertz CT molecular complexity index is 300. The molecule has 1 aromatic rings. The van der Waals surface area contributed by atoms with Crippen molar-refractivity contribution in [2.75, 3.05) is 12.3 Å². The predicted octanol–water partition coefficient (Wildman–Crippen LogP) is 2.80. The van der Waals surface area contributed by atoms with Crippen LogP contribution < -0.4 is 5.73 Å². The van der Waals surface area contributed by atoms with Crippen molar-refractivity contribution in [1.82, 2.24) is 0 Å². The lowest BCUT2D eigenvalue weighted by molar-refractivity contribution is 0.0577. The van der Waals surface area contributed by atoms with Gasteiger partial charge in [0.05, 0.1) is 5.60 Å². The summed E-state index contributed by atoms with van der Waals surface area (Å²) < 4.78 is 0. The summed E-state index contributed by atoms with van der Waals surface area (Å²) in [6, 6.07) is 10.5. The molecule has 0 saturated heterocycles. The highest BCUT2D eigenvalue weighted by Crippen LogP contribution is 2.16. The molecule has 1 unspecified atom stereocenters. The smallest absolute Gasteiger partial charge is 0.0741 e. The molecule has 0 spiro atoms. The molecule has 0 heterocycles. The molecule has 1 atom stereocenters. The molecule has 0 saturated carbocycles. The van der Waals surface area contributed by atoms with Crippen LogP contribution >= 0.6 is 11.8 Å². The summed E-state index contributed by atoms with van der Waals surface area (Å²) in [6.45, 7) is 2.16. The van der Waals surface area contributed by atoms with Crippen LogP contribution in [0.1, 0.15) is 31.7 Å². The summed E-state index contributed by atoms with van der Waals surface area (Å²) in [4.78, 5) is 0. The fourth-order valence-electron chi connectivity index (χ4n) is 1.58. The molecule has 1 aromatic carbocycles. The molecule has 2 nitrogen and oxygen atoms in total. The van der Waals surface area contributed by atoms with Gasteiger partial charge in [-0.2, -0.15) is 11.8 Å². The maximum absolute atomic E-state index is 9.73. The molecular formula is C14H23NOS. The molecule has 96 valence electrons. The van der Waals surface area contributed by atoms with Gasteiger partial charge in [-0.25, -0.2) is 0 Å². The van der Waals surface area contributed by atoms with Gasteiger partial charge in [0.2, 0.25) is 0 Å². The molecule has 0 amide bonds. The first-order chi connectivity index (χ1) is 8.14. The fraction of sp³-hybridized carbons (Fsp3) is 0.571. The number of thioether (sulfide) groups is 1. The van der Waals surface area contributed by atoms with Crippen molar-refractivity contribution in [3.05, 3.63) is 35.9 Å². The SMILES string of the molecule is CC(O)(CN)CCCCSCc1ccccc1. The van der Waals surface area contributed by atoms with Crippen molar-refractivity contribution in [1.29, 1.82) is 0 Å². The van der Waals surface area contributed by atoms with Crippen LogP contribution in [0.5, 0.6) is 0 Å². The van der Waals surface area contributed by atoms with Crippen LogP contribution in [0.15, 0.2) is 30.3 Å². The summed E-state index contributed by atoms with van der Waals surface area (Å²) in [7, 11) is 0. The van der Waals surface area contributed by atoms with E-state index in [2.05, 4.69) is 24.3 Å². The van der Waals surface area contributed by atoms with Crippen molar-refractivity contribution in [2.45, 2.75) is 37.5 Å². The largest absolute Gasteiger partial charge is 0.389 e. The Morgan fingerprint density at radius 1 is 1.24 bits per heavy atom. The normalized spacial score (nSPS) is 14.5. The van der Waals surface area contributed by atoms with Crippen LogP contribution in [0.4, 0.5) is 0 Å². The highest BCUT2D eigenvalue weighted by atomic mass is 32.2. The molecule has 17 heavy (non-hydrogen) atoms. The van der Waals surface area contributed by atoms with Crippen molar-refractivity contribution >= 4 is 11.8 Å². The molecule has 0 aliphatic rings. The average Bonchev–Trinajstić information content (AvgIpc) is 2.35. The predicted molar refractivity (Wildman–Crippen MR) is 76.1 cm³/mol. The summed E-state index contributed by atoms with van der Waals surface area (Å²) >= 11 is 1.95. The zero-order valence-corrected chi connectivity index (χ0v) is 11.4. The second-order valence-electron chi connectivity index (χ2n) is 4.70. The lowest BCUT2D eigenvalue weighted by atomic mass is 10.00. The van der Waals surface area contributed by atoms with Crippen molar-refractivity contribution in [3.63, 3.8) is 0 Å². The maximum Gasteiger partial charge on any atom is 0.0741 e. The van der Waals surface area contributed by atoms with Gasteiger partial charge < -0.3 is 10.8 Å². The van der Waals surface area contributed by atoms with E-state index in [0.717, 1.165) is 30.8 Å². The Morgan fingerprint density at radius 2 is 1.94 bits per heavy atom. The second kappa shape index (κ2) is 7.75. The minimum Gasteiger partial charge on any atom is -0.389 e. The Kier molecular flexibility index (Phi) is 6.63. The third-order valence-corrected chi connectivity index (χ3v) is 3.92. The van der Waals surface area contributed by atoms with Crippen molar-refractivity contribution < 1.29 is 5.11 Å². The highest BCUT2D eigenvalue weighted by molar-refractivity contribution is 7.98. The van der Waals surface area contributed by atoms with E-state index < -0.39 is 5.60 Å². The van der Waals surface area contributed by atoms with Gasteiger partial charge in [-0.05, 0) is 37.5 Å². The van der Waals surface area contributed by atoms with Gasteiger partial charge in [0, 0.05) is 12.3 Å². The number of hydrogen-bond donors (Lipinski definition) is 2. The molecule has 0 radical (unpaired) electrons. The number of hydrogen-bond acceptors (Lipinski definition) is 3. The summed E-state index contributed by atoms with van der Waals surface area (Å²) in [5.74, 6) is 2.23. The third kappa shape index (κ3) is 6.71. The quantitative estimate of drug-likeness (QED) is 0.700. The van der Waals surface area contributed by atoms with Gasteiger partial charge >= 0.3 is 0 Å². The van der Waals surface area contributed by atoms with Crippen LogP contribution in [0, 0.1) is 0 Å². The molecule has 3 heteroatoms. The first kappa shape index (κ1) is 14.6. The van der Waals surface area contributed by atoms with Gasteiger partial charge in [0.15, 0.2) is 0 Å². The van der Waals surface area contributed by atoms with Crippen molar-refractivity contribution in [2.24, 2.45) is 5.73 Å². The van der Waals surface area contributed by atoms with E-state index in [1.165, 1.54) is 5.56 Å². The first-order valence-corrected chi connectivity index (χ1v) is 7.34. The number of benzene rings is 1. The van der Waals surface area contributed by atoms with Gasteiger partial charge in [-0.15, -0.1) is 0 Å². The Balaban J connectivity index is 2.02. The number of rotatable bonds is 8. The monoisotopic (exact) mass is 253 g/mol. The number of unbranched alkanes of at least 4 members (excludes halogenated alkanes) is 1. The Morgan fingerprint density at radius 3 is 2.59 bits per heavy atom. The molecule has 0 aliphatic heterocycles. The van der Waals surface area contributed by atoms with E-state index in [-0.39, 0.29) is 0 Å². The molecule has 0 aromatic heterocycles. The van der Waals surface area contributed by atoms with E-state index in [1.807, 2.05) is 24.8 Å². The van der Waals surface area contributed by atoms with Crippen LogP contribution in [0.3, 0.4) is 0 Å². The standard InChI is InChI=1S/C14H23NOS/c1-14(16,12-15)9-5-6-10-17-11-13-7-3-2-4-8-13/h2-4,7-8,16H,5-6,9-12,15H2,1H3. The first-order valence-electron chi connectivity index (χ1n) is 6.18.